The number of hydrogen-bond acceptors (Lipinski definition) is 5. The summed E-state index contributed by atoms with van der Waals surface area (Å²) in [6.07, 6.45) is 8.03. The van der Waals surface area contributed by atoms with Gasteiger partial charge in [0.25, 0.3) is 0 Å². The molecule has 3 atom stereocenters. The number of rotatable bonds is 12. The van der Waals surface area contributed by atoms with Gasteiger partial charge in [0, 0.05) is 52.5 Å². The first-order valence-electron chi connectivity index (χ1n) is 22.3. The summed E-state index contributed by atoms with van der Waals surface area (Å²) in [6, 6.07) is 49.2. The molecule has 0 aliphatic carbocycles. The Hall–Kier alpha value is -6.40. The lowest BCUT2D eigenvalue weighted by atomic mass is 9.74. The van der Waals surface area contributed by atoms with E-state index < -0.39 is 0 Å². The van der Waals surface area contributed by atoms with E-state index >= 15 is 0 Å². The quantitative estimate of drug-likeness (QED) is 0.0534. The highest BCUT2D eigenvalue weighted by molar-refractivity contribution is 6.09. The van der Waals surface area contributed by atoms with Gasteiger partial charge in [-0.3, -0.25) is 0 Å². The van der Waals surface area contributed by atoms with Gasteiger partial charge in [0.15, 0.2) is 0 Å². The second kappa shape index (κ2) is 19.5. The molecular weight excluding hydrogens is 761 g/mol. The molecule has 6 aromatic carbocycles. The van der Waals surface area contributed by atoms with Crippen molar-refractivity contribution in [2.45, 2.75) is 99.1 Å². The van der Waals surface area contributed by atoms with E-state index in [-0.39, 0.29) is 17.4 Å². The molecule has 7 aromatic rings. The molecule has 3 unspecified atom stereocenters. The smallest absolute Gasteiger partial charge is 0.246 e. The third-order valence-corrected chi connectivity index (χ3v) is 11.7. The van der Waals surface area contributed by atoms with Gasteiger partial charge in [-0.1, -0.05) is 158 Å². The number of nitrogens with zero attached hydrogens (tertiary/aromatic N) is 4. The molecule has 1 aliphatic heterocycles. The van der Waals surface area contributed by atoms with Crippen molar-refractivity contribution < 1.29 is 9.47 Å². The highest BCUT2D eigenvalue weighted by Crippen LogP contribution is 2.47. The SMILES string of the molecule is C=N/N=C(\Oc1cc(N2c3ccccc3C(C)C2/C=C\C)cc(-n2c3ccccc3c3ccccc32)c1)c1cccc(OCc2ccc(C(CCC)C(C)(C)C)cc2)c1.CCC. The van der Waals surface area contributed by atoms with Gasteiger partial charge in [-0.15, -0.1) is 5.10 Å². The Balaban J connectivity index is 0.00000187. The summed E-state index contributed by atoms with van der Waals surface area (Å²) in [5.41, 5.74) is 10.2. The van der Waals surface area contributed by atoms with E-state index in [9.17, 15) is 0 Å². The molecule has 0 radical (unpaired) electrons. The van der Waals surface area contributed by atoms with Gasteiger partial charge in [-0.25, -0.2) is 0 Å². The molecule has 0 spiro atoms. The number of allylic oxidation sites excluding steroid dienone is 1. The first-order valence-corrected chi connectivity index (χ1v) is 22.3. The summed E-state index contributed by atoms with van der Waals surface area (Å²) >= 11 is 0. The summed E-state index contributed by atoms with van der Waals surface area (Å²) in [5.74, 6) is 2.46. The number of benzene rings is 6. The fourth-order valence-electron chi connectivity index (χ4n) is 8.95. The first-order chi connectivity index (χ1) is 30.1. The van der Waals surface area contributed by atoms with Gasteiger partial charge in [-0.2, -0.15) is 5.10 Å². The molecule has 2 heterocycles. The van der Waals surface area contributed by atoms with Crippen molar-refractivity contribution in [2.75, 3.05) is 4.90 Å². The van der Waals surface area contributed by atoms with Gasteiger partial charge in [0.2, 0.25) is 5.90 Å². The van der Waals surface area contributed by atoms with Crippen LogP contribution in [0.25, 0.3) is 27.5 Å². The minimum Gasteiger partial charge on any atom is -0.489 e. The molecule has 62 heavy (non-hydrogen) atoms. The average Bonchev–Trinajstić information content (AvgIpc) is 3.76. The molecule has 0 saturated carbocycles. The number of aromatic nitrogens is 1. The average molecular weight is 823 g/mol. The van der Waals surface area contributed by atoms with Gasteiger partial charge < -0.3 is 18.9 Å². The molecule has 0 bridgehead atoms. The normalized spacial score (nSPS) is 15.7. The second-order valence-electron chi connectivity index (χ2n) is 17.4. The zero-order chi connectivity index (χ0) is 43.8. The largest absolute Gasteiger partial charge is 0.489 e. The highest BCUT2D eigenvalue weighted by Gasteiger charge is 2.35. The Morgan fingerprint density at radius 3 is 2.05 bits per heavy atom. The van der Waals surface area contributed by atoms with Crippen molar-refractivity contribution in [2.24, 2.45) is 15.6 Å². The molecule has 1 aliphatic rings. The van der Waals surface area contributed by atoms with Crippen molar-refractivity contribution in [3.63, 3.8) is 0 Å². The Bertz CT molecular complexity index is 2630. The van der Waals surface area contributed by atoms with Crippen molar-refractivity contribution in [3.8, 4) is 17.2 Å². The molecule has 0 fully saturated rings. The Kier molecular flexibility index (Phi) is 13.8. The summed E-state index contributed by atoms with van der Waals surface area (Å²) < 4.78 is 15.5. The van der Waals surface area contributed by atoms with Crippen LogP contribution in [-0.4, -0.2) is 23.2 Å². The van der Waals surface area contributed by atoms with Gasteiger partial charge in [0.05, 0.1) is 22.8 Å². The van der Waals surface area contributed by atoms with Crippen LogP contribution in [0.15, 0.2) is 162 Å². The van der Waals surface area contributed by atoms with Crippen molar-refractivity contribution >= 4 is 45.8 Å². The van der Waals surface area contributed by atoms with E-state index in [2.05, 4.69) is 209 Å². The lowest BCUT2D eigenvalue weighted by Gasteiger charge is -2.31. The maximum Gasteiger partial charge on any atom is 0.246 e. The molecule has 318 valence electrons. The van der Waals surface area contributed by atoms with Crippen LogP contribution in [-0.2, 0) is 6.61 Å². The van der Waals surface area contributed by atoms with E-state index in [1.165, 1.54) is 40.4 Å². The van der Waals surface area contributed by atoms with E-state index in [1.54, 1.807) is 0 Å². The number of ether oxygens (including phenoxy) is 2. The minimum atomic E-state index is 0.114. The maximum atomic E-state index is 6.82. The zero-order valence-electron chi connectivity index (χ0n) is 37.8. The van der Waals surface area contributed by atoms with E-state index in [0.29, 0.717) is 29.9 Å². The fraction of sp³-hybridized carbons (Fsp3) is 0.286. The third kappa shape index (κ3) is 9.25. The second-order valence-corrected chi connectivity index (χ2v) is 17.4. The molecule has 0 amide bonds. The molecule has 0 N–H and O–H groups in total. The molecule has 8 rings (SSSR count). The standard InChI is InChI=1S/C53H54N4O2.C3H8/c1-8-17-47(53(4,5)6)38-29-27-37(28-30-38)35-58-42-20-16-19-39(31-42)52(55-54-7)59-43-33-40(56-48(18-9-2)36(3)44-21-10-13-24-49(44)56)32-41(34-43)57-50-25-14-11-22-45(50)46-23-12-15-26-51(46)57;1-3-2/h9-16,18-34,36,47-48H,7-8,17,35H2,1-6H3;3H2,1-2H3/b18-9-,55-52-;. The Labute approximate surface area is 369 Å². The molecule has 6 nitrogen and oxygen atoms in total. The fourth-order valence-corrected chi connectivity index (χ4v) is 8.95. The van der Waals surface area contributed by atoms with Crippen LogP contribution in [0.2, 0.25) is 0 Å². The third-order valence-electron chi connectivity index (χ3n) is 11.7. The highest BCUT2D eigenvalue weighted by atomic mass is 16.5. The van der Waals surface area contributed by atoms with Crippen LogP contribution in [0.3, 0.4) is 0 Å². The van der Waals surface area contributed by atoms with Crippen molar-refractivity contribution in [1.82, 2.24) is 4.57 Å². The molecule has 6 heteroatoms. The van der Waals surface area contributed by atoms with Crippen LogP contribution in [0.1, 0.15) is 109 Å². The zero-order valence-corrected chi connectivity index (χ0v) is 37.8. The van der Waals surface area contributed by atoms with E-state index in [1.807, 2.05) is 24.3 Å². The van der Waals surface area contributed by atoms with Crippen LogP contribution >= 0.6 is 0 Å². The van der Waals surface area contributed by atoms with Gasteiger partial charge in [0.1, 0.15) is 18.1 Å². The van der Waals surface area contributed by atoms with Crippen molar-refractivity contribution in [1.29, 1.82) is 0 Å². The van der Waals surface area contributed by atoms with E-state index in [0.717, 1.165) is 40.0 Å². The summed E-state index contributed by atoms with van der Waals surface area (Å²) in [5, 5.41) is 10.8. The number of anilines is 2. The summed E-state index contributed by atoms with van der Waals surface area (Å²) in [6.45, 7) is 22.0. The molecular formula is C56H62N4O2. The predicted octanol–water partition coefficient (Wildman–Crippen LogP) is 15.3. The van der Waals surface area contributed by atoms with Crippen LogP contribution in [0.5, 0.6) is 11.5 Å². The monoisotopic (exact) mass is 822 g/mol. The van der Waals surface area contributed by atoms with Crippen LogP contribution in [0, 0.1) is 5.41 Å². The maximum absolute atomic E-state index is 6.82. The summed E-state index contributed by atoms with van der Waals surface area (Å²) in [4.78, 5) is 2.43. The number of hydrogen-bond donors (Lipinski definition) is 0. The van der Waals surface area contributed by atoms with Crippen LogP contribution < -0.4 is 14.4 Å². The molecule has 1 aromatic heterocycles. The Morgan fingerprint density at radius 1 is 0.758 bits per heavy atom. The predicted molar refractivity (Wildman–Crippen MR) is 263 cm³/mol. The van der Waals surface area contributed by atoms with Crippen LogP contribution in [0.4, 0.5) is 11.4 Å². The number of fused-ring (bicyclic) bond motifs is 4. The molecule has 0 saturated heterocycles. The lowest BCUT2D eigenvalue weighted by Crippen LogP contribution is -2.27. The minimum absolute atomic E-state index is 0.114. The Morgan fingerprint density at radius 2 is 1.40 bits per heavy atom. The van der Waals surface area contributed by atoms with E-state index in [4.69, 9.17) is 9.47 Å². The van der Waals surface area contributed by atoms with Gasteiger partial charge >= 0.3 is 0 Å². The summed E-state index contributed by atoms with van der Waals surface area (Å²) in [7, 11) is 0. The lowest BCUT2D eigenvalue weighted by molar-refractivity contribution is 0.301. The number of para-hydroxylation sites is 3. The topological polar surface area (TPSA) is 51.4 Å². The van der Waals surface area contributed by atoms with Crippen molar-refractivity contribution in [3.05, 3.63) is 174 Å². The van der Waals surface area contributed by atoms with Gasteiger partial charge in [-0.05, 0) is 83.8 Å². The first kappa shape index (κ1) is 43.7.